The summed E-state index contributed by atoms with van der Waals surface area (Å²) in [6.45, 7) is 0. The molecule has 42 valence electrons. The monoisotopic (exact) mass is 114 g/mol. The average molecular weight is 114 g/mol. The van der Waals surface area contributed by atoms with Crippen molar-refractivity contribution in [2.75, 3.05) is 0 Å². The quantitative estimate of drug-likeness (QED) is 0.434. The number of alkyl halides is 3. The Morgan fingerprint density at radius 1 is 1.43 bits per heavy atom. The Labute approximate surface area is 36.8 Å². The third-order valence-corrected chi connectivity index (χ3v) is 0.508. The first-order valence-corrected chi connectivity index (χ1v) is 1.49. The molecule has 1 aliphatic heterocycles. The molecule has 0 N–H and O–H groups in total. The van der Waals surface area contributed by atoms with Gasteiger partial charge in [-0.2, -0.15) is 18.6 Å². The van der Waals surface area contributed by atoms with Crippen LogP contribution in [-0.4, -0.2) is 12.5 Å². The van der Waals surface area contributed by atoms with Crippen molar-refractivity contribution in [3.8, 4) is 0 Å². The fourth-order valence-electron chi connectivity index (χ4n) is 0.157. The van der Waals surface area contributed by atoms with Crippen molar-refractivity contribution in [1.29, 1.82) is 0 Å². The molecule has 1 rings (SSSR count). The van der Waals surface area contributed by atoms with E-state index in [2.05, 4.69) is 9.78 Å². The van der Waals surface area contributed by atoms with Crippen molar-refractivity contribution in [1.82, 2.24) is 0 Å². The zero-order valence-electron chi connectivity index (χ0n) is 3.03. The van der Waals surface area contributed by atoms with E-state index >= 15 is 0 Å². The van der Waals surface area contributed by atoms with Crippen molar-refractivity contribution in [3.05, 3.63) is 0 Å². The first-order chi connectivity index (χ1) is 3.13. The van der Waals surface area contributed by atoms with E-state index in [1.54, 1.807) is 0 Å². The SMILES string of the molecule is FC1OOC1(F)F. The Balaban J connectivity index is 2.43. The Bertz CT molecular complexity index is 83.0. The lowest BCUT2D eigenvalue weighted by molar-refractivity contribution is -0.608. The summed E-state index contributed by atoms with van der Waals surface area (Å²) >= 11 is 0. The van der Waals surface area contributed by atoms with Crippen LogP contribution in [0.25, 0.3) is 0 Å². The van der Waals surface area contributed by atoms with Crippen molar-refractivity contribution in [2.24, 2.45) is 0 Å². The molecule has 1 saturated heterocycles. The molecular formula is C2HF3O2. The van der Waals surface area contributed by atoms with E-state index in [1.807, 2.05) is 0 Å². The van der Waals surface area contributed by atoms with Gasteiger partial charge in [0.15, 0.2) is 0 Å². The van der Waals surface area contributed by atoms with Gasteiger partial charge in [-0.1, -0.05) is 0 Å². The normalized spacial score (nSPS) is 37.3. The van der Waals surface area contributed by atoms with Crippen molar-refractivity contribution < 1.29 is 22.9 Å². The molecule has 0 aromatic rings. The van der Waals surface area contributed by atoms with Crippen molar-refractivity contribution in [2.45, 2.75) is 12.5 Å². The summed E-state index contributed by atoms with van der Waals surface area (Å²) in [5.41, 5.74) is 0. The Kier molecular flexibility index (Phi) is 0.767. The zero-order valence-corrected chi connectivity index (χ0v) is 3.03. The molecule has 0 spiro atoms. The molecule has 2 nitrogen and oxygen atoms in total. The highest BCUT2D eigenvalue weighted by Gasteiger charge is 2.55. The van der Waals surface area contributed by atoms with Crippen LogP contribution in [0.2, 0.25) is 0 Å². The van der Waals surface area contributed by atoms with Gasteiger partial charge in [-0.15, -0.1) is 0 Å². The average Bonchev–Trinajstić information content (AvgIpc) is 1.63. The number of halogens is 3. The molecule has 1 unspecified atom stereocenters. The number of hydrogen-bond acceptors (Lipinski definition) is 2. The zero-order chi connectivity index (χ0) is 5.49. The summed E-state index contributed by atoms with van der Waals surface area (Å²) in [5.74, 6) is 0. The molecule has 1 heterocycles. The molecule has 0 aromatic heterocycles. The topological polar surface area (TPSA) is 18.5 Å². The van der Waals surface area contributed by atoms with Crippen molar-refractivity contribution in [3.63, 3.8) is 0 Å². The van der Waals surface area contributed by atoms with Crippen LogP contribution in [0, 0.1) is 0 Å². The third-order valence-electron chi connectivity index (χ3n) is 0.508. The first-order valence-electron chi connectivity index (χ1n) is 1.49. The van der Waals surface area contributed by atoms with Gasteiger partial charge in [-0.3, -0.25) is 0 Å². The summed E-state index contributed by atoms with van der Waals surface area (Å²) in [7, 11) is 0. The highest BCUT2D eigenvalue weighted by molar-refractivity contribution is 4.58. The summed E-state index contributed by atoms with van der Waals surface area (Å²) in [4.78, 5) is 6.25. The number of rotatable bonds is 0. The summed E-state index contributed by atoms with van der Waals surface area (Å²) in [5, 5.41) is 0. The van der Waals surface area contributed by atoms with Crippen LogP contribution in [-0.2, 0) is 9.78 Å². The lowest BCUT2D eigenvalue weighted by Crippen LogP contribution is -2.46. The Morgan fingerprint density at radius 3 is 1.86 bits per heavy atom. The second-order valence-corrected chi connectivity index (χ2v) is 1.06. The molecule has 0 bridgehead atoms. The standard InChI is InChI=1S/C2HF3O2/c3-1-2(4,5)7-6-1/h1H. The maximum absolute atomic E-state index is 11.2. The van der Waals surface area contributed by atoms with Gasteiger partial charge in [0, 0.05) is 0 Å². The fourth-order valence-corrected chi connectivity index (χ4v) is 0.157. The lowest BCUT2D eigenvalue weighted by Gasteiger charge is -2.26. The molecule has 0 amide bonds. The smallest absolute Gasteiger partial charge is 0.203 e. The van der Waals surface area contributed by atoms with Gasteiger partial charge in [0.25, 0.3) is 0 Å². The summed E-state index contributed by atoms with van der Waals surface area (Å²) in [6, 6.07) is 0. The molecule has 5 heteroatoms. The molecule has 1 aliphatic rings. The molecule has 0 aromatic carbocycles. The van der Waals surface area contributed by atoms with Gasteiger partial charge in [0.1, 0.15) is 0 Å². The van der Waals surface area contributed by atoms with Gasteiger partial charge >= 0.3 is 12.5 Å². The van der Waals surface area contributed by atoms with Crippen molar-refractivity contribution >= 4 is 0 Å². The van der Waals surface area contributed by atoms with Crippen LogP contribution in [0.4, 0.5) is 13.2 Å². The molecule has 1 atom stereocenters. The Hall–Kier alpha value is -0.290. The van der Waals surface area contributed by atoms with Crippen LogP contribution in [0.3, 0.4) is 0 Å². The van der Waals surface area contributed by atoms with E-state index in [-0.39, 0.29) is 0 Å². The van der Waals surface area contributed by atoms with Crippen LogP contribution in [0.5, 0.6) is 0 Å². The minimum Gasteiger partial charge on any atom is -0.203 e. The molecule has 0 saturated carbocycles. The number of hydrogen-bond donors (Lipinski definition) is 0. The second kappa shape index (κ2) is 1.10. The largest absolute Gasteiger partial charge is 0.440 e. The van der Waals surface area contributed by atoms with Gasteiger partial charge in [-0.05, 0) is 0 Å². The molecule has 1 fully saturated rings. The molecule has 0 aliphatic carbocycles. The van der Waals surface area contributed by atoms with Gasteiger partial charge in [0.05, 0.1) is 0 Å². The third kappa shape index (κ3) is 0.573. The highest BCUT2D eigenvalue weighted by Crippen LogP contribution is 2.33. The fraction of sp³-hybridized carbons (Fsp3) is 1.00. The summed E-state index contributed by atoms with van der Waals surface area (Å²) in [6.07, 6.45) is -6.28. The van der Waals surface area contributed by atoms with Crippen LogP contribution < -0.4 is 0 Å². The minimum absolute atomic E-state index is 2.58. The van der Waals surface area contributed by atoms with E-state index in [9.17, 15) is 13.2 Å². The van der Waals surface area contributed by atoms with Gasteiger partial charge in [0.2, 0.25) is 0 Å². The highest BCUT2D eigenvalue weighted by atomic mass is 19.3. The maximum atomic E-state index is 11.2. The van der Waals surface area contributed by atoms with E-state index in [4.69, 9.17) is 0 Å². The van der Waals surface area contributed by atoms with Gasteiger partial charge in [-0.25, -0.2) is 4.39 Å². The minimum atomic E-state index is -3.71. The van der Waals surface area contributed by atoms with E-state index < -0.39 is 12.5 Å². The van der Waals surface area contributed by atoms with Crippen LogP contribution >= 0.6 is 0 Å². The van der Waals surface area contributed by atoms with E-state index in [1.165, 1.54) is 0 Å². The van der Waals surface area contributed by atoms with Crippen LogP contribution in [0.15, 0.2) is 0 Å². The van der Waals surface area contributed by atoms with Crippen LogP contribution in [0.1, 0.15) is 0 Å². The Morgan fingerprint density at radius 2 is 1.86 bits per heavy atom. The van der Waals surface area contributed by atoms with E-state index in [0.29, 0.717) is 0 Å². The molecule has 7 heavy (non-hydrogen) atoms. The molecular weight excluding hydrogens is 113 g/mol. The maximum Gasteiger partial charge on any atom is 0.440 e. The predicted molar refractivity (Wildman–Crippen MR) is 12.0 cm³/mol. The van der Waals surface area contributed by atoms with Gasteiger partial charge < -0.3 is 0 Å². The molecule has 0 radical (unpaired) electrons. The summed E-state index contributed by atoms with van der Waals surface area (Å²) < 4.78 is 33.6. The second-order valence-electron chi connectivity index (χ2n) is 1.06. The lowest BCUT2D eigenvalue weighted by atomic mass is 10.6. The van der Waals surface area contributed by atoms with E-state index in [0.717, 1.165) is 0 Å². The first kappa shape index (κ1) is 4.86. The predicted octanol–water partition coefficient (Wildman–Crippen LogP) is 0.837.